The number of benzene rings is 1. The highest BCUT2D eigenvalue weighted by molar-refractivity contribution is 9.08. The molecular formula is C18H20BrF4N2O7P. The zero-order valence-corrected chi connectivity index (χ0v) is 19.9. The number of halogens is 5. The third-order valence-electron chi connectivity index (χ3n) is 4.03. The van der Waals surface area contributed by atoms with E-state index < -0.39 is 64.5 Å². The van der Waals surface area contributed by atoms with Gasteiger partial charge in [-0.2, -0.15) is 8.78 Å². The van der Waals surface area contributed by atoms with Gasteiger partial charge in [0.2, 0.25) is 5.82 Å². The summed E-state index contributed by atoms with van der Waals surface area (Å²) in [6.07, 6.45) is 0.158. The molecule has 1 aromatic carbocycles. The van der Waals surface area contributed by atoms with Gasteiger partial charge in [-0.05, 0) is 26.0 Å². The van der Waals surface area contributed by atoms with Crippen molar-refractivity contribution < 1.29 is 41.0 Å². The van der Waals surface area contributed by atoms with Crippen LogP contribution >= 0.6 is 23.5 Å². The lowest BCUT2D eigenvalue weighted by molar-refractivity contribution is -0.423. The van der Waals surface area contributed by atoms with Gasteiger partial charge in [0.25, 0.3) is 0 Å². The van der Waals surface area contributed by atoms with E-state index in [4.69, 9.17) is 9.05 Å². The average Bonchev–Trinajstić information content (AvgIpc) is 2.69. The standard InChI is InChI=1S/C11H16F2NO5P.C7H4BrF2NO2/c1-3-18-20(17,19-4-2)8-11(13)6-5-10(14(15)16)9(12)7-11;8-3-4-1-6(10)7(11(12)13)2-5(4)9/h5,7H,3-4,6,8H2,1-2H3;1-2H,3H2. The molecule has 0 bridgehead atoms. The van der Waals surface area contributed by atoms with E-state index >= 15 is 0 Å². The van der Waals surface area contributed by atoms with Crippen LogP contribution in [0.25, 0.3) is 0 Å². The second-order valence-electron chi connectivity index (χ2n) is 6.47. The van der Waals surface area contributed by atoms with Gasteiger partial charge in [-0.15, -0.1) is 0 Å². The van der Waals surface area contributed by atoms with E-state index in [0.29, 0.717) is 12.1 Å². The summed E-state index contributed by atoms with van der Waals surface area (Å²) < 4.78 is 75.8. The van der Waals surface area contributed by atoms with E-state index in [2.05, 4.69) is 15.9 Å². The van der Waals surface area contributed by atoms with Crippen LogP contribution in [0.5, 0.6) is 0 Å². The van der Waals surface area contributed by atoms with Crippen molar-refractivity contribution in [3.8, 4) is 0 Å². The lowest BCUT2D eigenvalue weighted by Gasteiger charge is -2.27. The molecule has 0 amide bonds. The molecule has 2 rings (SSSR count). The summed E-state index contributed by atoms with van der Waals surface area (Å²) >= 11 is 2.93. The van der Waals surface area contributed by atoms with Crippen LogP contribution in [0, 0.1) is 31.9 Å². The Morgan fingerprint density at radius 1 is 1.09 bits per heavy atom. The molecule has 0 aromatic heterocycles. The molecule has 33 heavy (non-hydrogen) atoms. The average molecular weight is 563 g/mol. The van der Waals surface area contributed by atoms with Crippen molar-refractivity contribution in [3.63, 3.8) is 0 Å². The minimum atomic E-state index is -3.71. The largest absolute Gasteiger partial charge is 0.334 e. The molecule has 1 aliphatic carbocycles. The van der Waals surface area contributed by atoms with Crippen LogP contribution in [0.4, 0.5) is 23.2 Å². The first-order valence-electron chi connectivity index (χ1n) is 9.30. The van der Waals surface area contributed by atoms with Gasteiger partial charge in [0.05, 0.1) is 35.3 Å². The van der Waals surface area contributed by atoms with E-state index in [1.807, 2.05) is 0 Å². The molecular weight excluding hydrogens is 543 g/mol. The number of nitro benzene ring substituents is 1. The Kier molecular flexibility index (Phi) is 10.8. The van der Waals surface area contributed by atoms with Gasteiger partial charge < -0.3 is 9.05 Å². The Morgan fingerprint density at radius 2 is 1.67 bits per heavy atom. The highest BCUT2D eigenvalue weighted by Crippen LogP contribution is 2.53. The van der Waals surface area contributed by atoms with E-state index in [-0.39, 0.29) is 24.1 Å². The summed E-state index contributed by atoms with van der Waals surface area (Å²) in [7, 11) is -3.71. The van der Waals surface area contributed by atoms with Crippen LogP contribution in [0.15, 0.2) is 35.8 Å². The minimum absolute atomic E-state index is 0.0511. The van der Waals surface area contributed by atoms with Gasteiger partial charge in [0, 0.05) is 23.4 Å². The summed E-state index contributed by atoms with van der Waals surface area (Å²) in [5.74, 6) is -3.10. The Bertz CT molecular complexity index is 998. The molecule has 0 fully saturated rings. The number of allylic oxidation sites excluding steroid dienone is 3. The highest BCUT2D eigenvalue weighted by Gasteiger charge is 2.42. The van der Waals surface area contributed by atoms with Gasteiger partial charge in [0.1, 0.15) is 11.5 Å². The Labute approximate surface area is 194 Å². The third kappa shape index (κ3) is 8.29. The molecule has 1 aromatic rings. The van der Waals surface area contributed by atoms with Gasteiger partial charge in [0.15, 0.2) is 5.83 Å². The lowest BCUT2D eigenvalue weighted by Crippen LogP contribution is -2.29. The maximum Gasteiger partial charge on any atom is 0.334 e. The number of hydrogen-bond donors (Lipinski definition) is 0. The number of nitrogens with zero attached hydrogens (tertiary/aromatic N) is 2. The van der Waals surface area contributed by atoms with E-state index in [1.54, 1.807) is 13.8 Å². The molecule has 0 aliphatic heterocycles. The SMILES string of the molecule is CCOP(=O)(CC1(F)C=C(F)C([N+](=O)[O-])=CC1)OCC.O=[N+]([O-])c1cc(F)c(CBr)cc1F. The molecule has 0 saturated heterocycles. The zero-order valence-electron chi connectivity index (χ0n) is 17.4. The fraction of sp³-hybridized carbons (Fsp3) is 0.444. The molecule has 1 aliphatic rings. The summed E-state index contributed by atoms with van der Waals surface area (Å²) in [5.41, 5.74) is -3.91. The highest BCUT2D eigenvalue weighted by atomic mass is 79.9. The second kappa shape index (κ2) is 12.4. The molecule has 1 unspecified atom stereocenters. The van der Waals surface area contributed by atoms with Gasteiger partial charge in [-0.1, -0.05) is 15.9 Å². The summed E-state index contributed by atoms with van der Waals surface area (Å²) in [5, 5.41) is 20.8. The van der Waals surface area contributed by atoms with E-state index in [0.717, 1.165) is 12.1 Å². The zero-order chi connectivity index (χ0) is 25.4. The molecule has 0 N–H and O–H groups in total. The molecule has 0 spiro atoms. The maximum absolute atomic E-state index is 14.5. The number of nitro groups is 2. The first-order chi connectivity index (χ1) is 15.3. The van der Waals surface area contributed by atoms with Crippen molar-refractivity contribution in [1.82, 2.24) is 0 Å². The number of hydrogen-bond acceptors (Lipinski definition) is 7. The third-order valence-corrected chi connectivity index (χ3v) is 6.85. The fourth-order valence-corrected chi connectivity index (χ4v) is 5.00. The Hall–Kier alpha value is -2.15. The van der Waals surface area contributed by atoms with Crippen molar-refractivity contribution in [3.05, 3.63) is 73.2 Å². The van der Waals surface area contributed by atoms with Crippen molar-refractivity contribution in [2.24, 2.45) is 0 Å². The van der Waals surface area contributed by atoms with Crippen LogP contribution in [-0.2, 0) is 18.9 Å². The quantitative estimate of drug-likeness (QED) is 0.116. The minimum Gasteiger partial charge on any atom is -0.309 e. The molecule has 0 heterocycles. The number of alkyl halides is 2. The predicted molar refractivity (Wildman–Crippen MR) is 114 cm³/mol. The van der Waals surface area contributed by atoms with Crippen molar-refractivity contribution in [1.29, 1.82) is 0 Å². The van der Waals surface area contributed by atoms with Crippen LogP contribution in [0.2, 0.25) is 0 Å². The molecule has 15 heteroatoms. The summed E-state index contributed by atoms with van der Waals surface area (Å²) in [6, 6.07) is 1.38. The van der Waals surface area contributed by atoms with Gasteiger partial charge >= 0.3 is 19.0 Å². The number of rotatable bonds is 9. The van der Waals surface area contributed by atoms with Crippen LogP contribution in [0.3, 0.4) is 0 Å². The van der Waals surface area contributed by atoms with Crippen LogP contribution < -0.4 is 0 Å². The van der Waals surface area contributed by atoms with Crippen molar-refractivity contribution >= 4 is 29.2 Å². The van der Waals surface area contributed by atoms with Crippen molar-refractivity contribution in [2.75, 3.05) is 19.4 Å². The molecule has 9 nitrogen and oxygen atoms in total. The predicted octanol–water partition coefficient (Wildman–Crippen LogP) is 6.15. The smallest absolute Gasteiger partial charge is 0.309 e. The Morgan fingerprint density at radius 3 is 2.09 bits per heavy atom. The topological polar surface area (TPSA) is 122 Å². The van der Waals surface area contributed by atoms with Gasteiger partial charge in [-0.3, -0.25) is 24.8 Å². The van der Waals surface area contributed by atoms with E-state index in [9.17, 15) is 42.4 Å². The van der Waals surface area contributed by atoms with Crippen molar-refractivity contribution in [2.45, 2.75) is 31.3 Å². The molecule has 184 valence electrons. The van der Waals surface area contributed by atoms with Crippen LogP contribution in [-0.4, -0.2) is 34.9 Å². The van der Waals surface area contributed by atoms with E-state index in [1.165, 1.54) is 0 Å². The van der Waals surface area contributed by atoms with Crippen LogP contribution in [0.1, 0.15) is 25.8 Å². The molecule has 1 atom stereocenters. The molecule has 0 radical (unpaired) electrons. The lowest BCUT2D eigenvalue weighted by atomic mass is 9.97. The maximum atomic E-state index is 14.5. The first kappa shape index (κ1) is 28.9. The second-order valence-corrected chi connectivity index (χ2v) is 9.08. The Balaban J connectivity index is 0.000000361. The molecule has 0 saturated carbocycles. The first-order valence-corrected chi connectivity index (χ1v) is 12.1. The summed E-state index contributed by atoms with van der Waals surface area (Å²) in [4.78, 5) is 18.8. The normalized spacial score (nSPS) is 18.0. The van der Waals surface area contributed by atoms with Gasteiger partial charge in [-0.25, -0.2) is 8.78 Å². The summed E-state index contributed by atoms with van der Waals surface area (Å²) in [6.45, 7) is 3.24. The fourth-order valence-electron chi connectivity index (χ4n) is 2.66. The monoisotopic (exact) mass is 562 g/mol.